The maximum Gasteiger partial charge on any atom is 0.340 e. The van der Waals surface area contributed by atoms with Crippen LogP contribution in [0.4, 0.5) is 14.5 Å². The first kappa shape index (κ1) is 17.8. The number of nitrogens with zero attached hydrogens (tertiary/aromatic N) is 1. The lowest BCUT2D eigenvalue weighted by Gasteiger charge is -2.09. The van der Waals surface area contributed by atoms with Gasteiger partial charge in [0.05, 0.1) is 21.8 Å². The van der Waals surface area contributed by atoms with Gasteiger partial charge in [-0.2, -0.15) is 0 Å². The van der Waals surface area contributed by atoms with Crippen LogP contribution in [-0.4, -0.2) is 23.5 Å². The number of nitrogens with one attached hydrogen (secondary N) is 1. The van der Waals surface area contributed by atoms with Crippen molar-refractivity contribution >= 4 is 40.1 Å². The standard InChI is InChI=1S/C18H11ClF2N2O3/c19-12-8-14(21)13(20)7-11(12)18(25)26-9-17(24)23-16-5-1-4-15-10(16)3-2-6-22-15/h1-8H,9H2,(H,23,24). The Morgan fingerprint density at radius 2 is 1.88 bits per heavy atom. The molecule has 0 spiro atoms. The van der Waals surface area contributed by atoms with E-state index in [0.717, 1.165) is 5.39 Å². The van der Waals surface area contributed by atoms with Gasteiger partial charge in [-0.15, -0.1) is 0 Å². The Labute approximate surface area is 151 Å². The fourth-order valence-corrected chi connectivity index (χ4v) is 2.51. The van der Waals surface area contributed by atoms with Crippen molar-refractivity contribution in [1.82, 2.24) is 4.98 Å². The van der Waals surface area contributed by atoms with Crippen LogP contribution in [0.5, 0.6) is 0 Å². The molecule has 0 aliphatic rings. The lowest BCUT2D eigenvalue weighted by atomic mass is 10.2. The van der Waals surface area contributed by atoms with Crippen LogP contribution >= 0.6 is 11.6 Å². The predicted octanol–water partition coefficient (Wildman–Crippen LogP) is 3.96. The molecular formula is C18H11ClF2N2O3. The zero-order chi connectivity index (χ0) is 18.7. The monoisotopic (exact) mass is 376 g/mol. The maximum absolute atomic E-state index is 13.2. The first-order valence-electron chi connectivity index (χ1n) is 7.41. The predicted molar refractivity (Wildman–Crippen MR) is 92.0 cm³/mol. The lowest BCUT2D eigenvalue weighted by molar-refractivity contribution is -0.119. The molecule has 3 aromatic rings. The smallest absolute Gasteiger partial charge is 0.340 e. The van der Waals surface area contributed by atoms with E-state index in [2.05, 4.69) is 10.3 Å². The second-order valence-electron chi connectivity index (χ2n) is 5.25. The Morgan fingerprint density at radius 3 is 2.69 bits per heavy atom. The highest BCUT2D eigenvalue weighted by molar-refractivity contribution is 6.33. The van der Waals surface area contributed by atoms with Gasteiger partial charge in [0.2, 0.25) is 0 Å². The number of esters is 1. The van der Waals surface area contributed by atoms with Crippen LogP contribution in [0.25, 0.3) is 10.9 Å². The number of hydrogen-bond acceptors (Lipinski definition) is 4. The average Bonchev–Trinajstić information content (AvgIpc) is 2.63. The van der Waals surface area contributed by atoms with Crippen LogP contribution in [0.3, 0.4) is 0 Å². The summed E-state index contributed by atoms with van der Waals surface area (Å²) in [5.41, 5.74) is 0.825. The lowest BCUT2D eigenvalue weighted by Crippen LogP contribution is -2.21. The molecule has 0 radical (unpaired) electrons. The summed E-state index contributed by atoms with van der Waals surface area (Å²) < 4.78 is 31.1. The minimum atomic E-state index is -1.24. The number of rotatable bonds is 4. The Balaban J connectivity index is 1.67. The average molecular weight is 377 g/mol. The van der Waals surface area contributed by atoms with E-state index >= 15 is 0 Å². The topological polar surface area (TPSA) is 68.3 Å². The van der Waals surface area contributed by atoms with Crippen molar-refractivity contribution in [2.75, 3.05) is 11.9 Å². The van der Waals surface area contributed by atoms with Crippen molar-refractivity contribution in [3.8, 4) is 0 Å². The largest absolute Gasteiger partial charge is 0.452 e. The summed E-state index contributed by atoms with van der Waals surface area (Å²) in [5.74, 6) is -4.07. The minimum Gasteiger partial charge on any atom is -0.452 e. The van der Waals surface area contributed by atoms with Gasteiger partial charge in [-0.05, 0) is 36.4 Å². The van der Waals surface area contributed by atoms with E-state index in [-0.39, 0.29) is 10.6 Å². The molecule has 1 heterocycles. The zero-order valence-electron chi connectivity index (χ0n) is 13.1. The molecular weight excluding hydrogens is 366 g/mol. The third-order valence-electron chi connectivity index (χ3n) is 3.48. The van der Waals surface area contributed by atoms with E-state index < -0.39 is 30.1 Å². The van der Waals surface area contributed by atoms with Gasteiger partial charge < -0.3 is 10.1 Å². The molecule has 3 rings (SSSR count). The third-order valence-corrected chi connectivity index (χ3v) is 3.80. The Bertz CT molecular complexity index is 1010. The van der Waals surface area contributed by atoms with Gasteiger partial charge in [-0.1, -0.05) is 17.7 Å². The first-order chi connectivity index (χ1) is 12.5. The number of halogens is 3. The SMILES string of the molecule is O=C(COC(=O)c1cc(F)c(F)cc1Cl)Nc1cccc2ncccc12. The molecule has 0 fully saturated rings. The summed E-state index contributed by atoms with van der Waals surface area (Å²) in [6, 6.07) is 9.98. The molecule has 26 heavy (non-hydrogen) atoms. The van der Waals surface area contributed by atoms with Crippen molar-refractivity contribution in [3.63, 3.8) is 0 Å². The quantitative estimate of drug-likeness (QED) is 0.552. The van der Waals surface area contributed by atoms with Crippen molar-refractivity contribution in [1.29, 1.82) is 0 Å². The highest BCUT2D eigenvalue weighted by Crippen LogP contribution is 2.22. The third kappa shape index (κ3) is 3.78. The Hall–Kier alpha value is -3.06. The molecule has 5 nitrogen and oxygen atoms in total. The summed E-state index contributed by atoms with van der Waals surface area (Å²) in [5, 5.41) is 3.01. The van der Waals surface area contributed by atoms with Gasteiger partial charge in [0.15, 0.2) is 18.2 Å². The molecule has 0 aliphatic heterocycles. The van der Waals surface area contributed by atoms with E-state index in [9.17, 15) is 18.4 Å². The van der Waals surface area contributed by atoms with E-state index in [1.54, 1.807) is 36.5 Å². The Morgan fingerprint density at radius 1 is 1.12 bits per heavy atom. The van der Waals surface area contributed by atoms with Crippen LogP contribution in [0.2, 0.25) is 5.02 Å². The molecule has 0 saturated heterocycles. The van der Waals surface area contributed by atoms with E-state index in [1.165, 1.54) is 0 Å². The number of aromatic nitrogens is 1. The van der Waals surface area contributed by atoms with E-state index in [4.69, 9.17) is 16.3 Å². The molecule has 1 aromatic heterocycles. The molecule has 0 atom stereocenters. The summed E-state index contributed by atoms with van der Waals surface area (Å²) in [6.45, 7) is -0.620. The number of fused-ring (bicyclic) bond motifs is 1. The molecule has 8 heteroatoms. The van der Waals surface area contributed by atoms with E-state index in [1.807, 2.05) is 0 Å². The molecule has 0 unspecified atom stereocenters. The molecule has 0 aliphatic carbocycles. The number of carbonyl (C=O) groups excluding carboxylic acids is 2. The van der Waals surface area contributed by atoms with Gasteiger partial charge in [-0.25, -0.2) is 13.6 Å². The fourth-order valence-electron chi connectivity index (χ4n) is 2.29. The molecule has 0 saturated carbocycles. The molecule has 132 valence electrons. The van der Waals surface area contributed by atoms with Crippen molar-refractivity contribution in [2.24, 2.45) is 0 Å². The van der Waals surface area contributed by atoms with Gasteiger partial charge in [-0.3, -0.25) is 9.78 Å². The molecule has 1 amide bonds. The van der Waals surface area contributed by atoms with Gasteiger partial charge >= 0.3 is 5.97 Å². The molecule has 0 bridgehead atoms. The van der Waals surface area contributed by atoms with Crippen molar-refractivity contribution in [2.45, 2.75) is 0 Å². The number of ether oxygens (including phenoxy) is 1. The second-order valence-corrected chi connectivity index (χ2v) is 5.65. The van der Waals surface area contributed by atoms with Crippen LogP contribution < -0.4 is 5.32 Å². The molecule has 2 aromatic carbocycles. The van der Waals surface area contributed by atoms with Crippen LogP contribution in [0.1, 0.15) is 10.4 Å². The highest BCUT2D eigenvalue weighted by Gasteiger charge is 2.17. The fraction of sp³-hybridized carbons (Fsp3) is 0.0556. The number of pyridine rings is 1. The normalized spacial score (nSPS) is 10.6. The number of benzene rings is 2. The molecule has 1 N–H and O–H groups in total. The summed E-state index contributed by atoms with van der Waals surface area (Å²) in [7, 11) is 0. The number of carbonyl (C=O) groups is 2. The zero-order valence-corrected chi connectivity index (χ0v) is 13.9. The summed E-state index contributed by atoms with van der Waals surface area (Å²) in [4.78, 5) is 28.1. The van der Waals surface area contributed by atoms with Crippen molar-refractivity contribution < 1.29 is 23.1 Å². The number of amides is 1. The van der Waals surface area contributed by atoms with Gasteiger partial charge in [0.1, 0.15) is 0 Å². The van der Waals surface area contributed by atoms with Crippen LogP contribution in [0.15, 0.2) is 48.7 Å². The van der Waals surface area contributed by atoms with Crippen LogP contribution in [0, 0.1) is 11.6 Å². The maximum atomic E-state index is 13.2. The number of hydrogen-bond donors (Lipinski definition) is 1. The highest BCUT2D eigenvalue weighted by atomic mass is 35.5. The minimum absolute atomic E-state index is 0.311. The second kappa shape index (κ2) is 7.45. The van der Waals surface area contributed by atoms with Gasteiger partial charge in [0.25, 0.3) is 5.91 Å². The summed E-state index contributed by atoms with van der Waals surface area (Å²) in [6.07, 6.45) is 1.63. The van der Waals surface area contributed by atoms with E-state index in [0.29, 0.717) is 23.3 Å². The number of anilines is 1. The van der Waals surface area contributed by atoms with Gasteiger partial charge in [0, 0.05) is 11.6 Å². The summed E-state index contributed by atoms with van der Waals surface area (Å²) >= 11 is 5.69. The van der Waals surface area contributed by atoms with Crippen molar-refractivity contribution in [3.05, 3.63) is 70.9 Å². The van der Waals surface area contributed by atoms with Crippen LogP contribution in [-0.2, 0) is 9.53 Å². The Kier molecular flexibility index (Phi) is 5.09. The first-order valence-corrected chi connectivity index (χ1v) is 7.79.